The van der Waals surface area contributed by atoms with Crippen LogP contribution in [0.2, 0.25) is 0 Å². The van der Waals surface area contributed by atoms with Gasteiger partial charge >= 0.3 is 0 Å². The molecule has 3 aromatic rings. The van der Waals surface area contributed by atoms with Crippen LogP contribution in [0.5, 0.6) is 5.75 Å². The second-order valence-electron chi connectivity index (χ2n) is 7.29. The third-order valence-electron chi connectivity index (χ3n) is 4.51. The molecular formula is C22H24BrFN4O2S. The lowest BCUT2D eigenvalue weighted by atomic mass is 10.2. The first kappa shape index (κ1) is 23.3. The molecule has 0 spiro atoms. The van der Waals surface area contributed by atoms with Crippen molar-refractivity contribution in [1.29, 1.82) is 0 Å². The summed E-state index contributed by atoms with van der Waals surface area (Å²) in [6.45, 7) is 7.73. The number of rotatable bonds is 8. The number of aryl methyl sites for hydroxylation is 1. The largest absolute Gasteiger partial charge is 0.480 e. The molecule has 1 aromatic heterocycles. The minimum atomic E-state index is -0.514. The van der Waals surface area contributed by atoms with Gasteiger partial charge in [-0.1, -0.05) is 39.8 Å². The van der Waals surface area contributed by atoms with Crippen molar-refractivity contribution < 1.29 is 13.9 Å². The fourth-order valence-corrected chi connectivity index (χ4v) is 4.37. The molecule has 0 saturated heterocycles. The molecule has 1 atom stereocenters. The highest BCUT2D eigenvalue weighted by molar-refractivity contribution is 9.10. The van der Waals surface area contributed by atoms with Gasteiger partial charge in [0, 0.05) is 16.2 Å². The smallest absolute Gasteiger partial charge is 0.234 e. The van der Waals surface area contributed by atoms with Gasteiger partial charge in [-0.05, 0) is 63.6 Å². The van der Waals surface area contributed by atoms with Gasteiger partial charge in [0.25, 0.3) is 0 Å². The van der Waals surface area contributed by atoms with Gasteiger partial charge in [-0.15, -0.1) is 10.2 Å². The number of nitrogens with one attached hydrogen (secondary N) is 1. The zero-order valence-corrected chi connectivity index (χ0v) is 20.1. The normalized spacial score (nSPS) is 12.1. The van der Waals surface area contributed by atoms with Crippen LogP contribution in [0, 0.1) is 12.7 Å². The number of halogens is 2. The van der Waals surface area contributed by atoms with E-state index in [1.54, 1.807) is 25.1 Å². The molecule has 0 bridgehead atoms. The summed E-state index contributed by atoms with van der Waals surface area (Å²) in [5, 5.41) is 12.0. The van der Waals surface area contributed by atoms with Crippen LogP contribution in [0.4, 0.5) is 10.1 Å². The number of hydrogen-bond donors (Lipinski definition) is 1. The summed E-state index contributed by atoms with van der Waals surface area (Å²) in [6, 6.07) is 12.0. The van der Waals surface area contributed by atoms with Gasteiger partial charge < -0.3 is 14.6 Å². The van der Waals surface area contributed by atoms with Gasteiger partial charge in [0.1, 0.15) is 0 Å². The highest BCUT2D eigenvalue weighted by Crippen LogP contribution is 2.29. The fourth-order valence-electron chi connectivity index (χ4n) is 3.02. The summed E-state index contributed by atoms with van der Waals surface area (Å²) in [7, 11) is 0. The number of hydrogen-bond acceptors (Lipinski definition) is 5. The Bertz CT molecular complexity index is 1070. The van der Waals surface area contributed by atoms with Crippen molar-refractivity contribution in [2.45, 2.75) is 45.0 Å². The first-order valence-corrected chi connectivity index (χ1v) is 11.6. The summed E-state index contributed by atoms with van der Waals surface area (Å²) < 4.78 is 22.6. The standard InChI is InChI=1S/C22H24BrFN4O2S/c1-13(2)28-21(15(4)30-19-8-6-5-7-17(19)24)26-27-22(28)31-12-20(29)25-18-10-9-16(23)11-14(18)3/h5-11,13,15H,12H2,1-4H3,(H,25,29). The maximum absolute atomic E-state index is 14.0. The lowest BCUT2D eigenvalue weighted by Gasteiger charge is -2.19. The fraction of sp³-hybridized carbons (Fsp3) is 0.318. The summed E-state index contributed by atoms with van der Waals surface area (Å²) in [5.41, 5.74) is 1.74. The summed E-state index contributed by atoms with van der Waals surface area (Å²) >= 11 is 4.72. The quantitative estimate of drug-likeness (QED) is 0.382. The lowest BCUT2D eigenvalue weighted by Crippen LogP contribution is -2.17. The van der Waals surface area contributed by atoms with E-state index in [4.69, 9.17) is 4.74 Å². The molecule has 3 rings (SSSR count). The number of ether oxygens (including phenoxy) is 1. The Morgan fingerprint density at radius 2 is 1.97 bits per heavy atom. The molecule has 0 aliphatic carbocycles. The van der Waals surface area contributed by atoms with E-state index in [0.717, 1.165) is 15.7 Å². The van der Waals surface area contributed by atoms with Crippen molar-refractivity contribution >= 4 is 39.3 Å². The van der Waals surface area contributed by atoms with Crippen LogP contribution < -0.4 is 10.1 Å². The lowest BCUT2D eigenvalue weighted by molar-refractivity contribution is -0.113. The van der Waals surface area contributed by atoms with E-state index in [0.29, 0.717) is 11.0 Å². The molecular weight excluding hydrogens is 483 g/mol. The molecule has 1 unspecified atom stereocenters. The number of benzene rings is 2. The molecule has 1 heterocycles. The number of thioether (sulfide) groups is 1. The number of para-hydroxylation sites is 1. The maximum atomic E-state index is 14.0. The van der Waals surface area contributed by atoms with Crippen LogP contribution in [-0.2, 0) is 4.79 Å². The number of anilines is 1. The van der Waals surface area contributed by atoms with Crippen LogP contribution in [0.25, 0.3) is 0 Å². The zero-order valence-electron chi connectivity index (χ0n) is 17.7. The number of aromatic nitrogens is 3. The van der Waals surface area contributed by atoms with Crippen molar-refractivity contribution in [3.63, 3.8) is 0 Å². The number of carbonyl (C=O) groups excluding carboxylic acids is 1. The number of amides is 1. The van der Waals surface area contributed by atoms with Crippen LogP contribution in [0.15, 0.2) is 52.1 Å². The molecule has 31 heavy (non-hydrogen) atoms. The van der Waals surface area contributed by atoms with E-state index in [2.05, 4.69) is 31.4 Å². The average Bonchev–Trinajstić information content (AvgIpc) is 3.15. The van der Waals surface area contributed by atoms with Gasteiger partial charge in [0.2, 0.25) is 5.91 Å². The van der Waals surface area contributed by atoms with Gasteiger partial charge in [-0.25, -0.2) is 4.39 Å². The minimum absolute atomic E-state index is 0.0379. The molecule has 1 amide bonds. The van der Waals surface area contributed by atoms with Crippen molar-refractivity contribution in [2.24, 2.45) is 0 Å². The number of nitrogens with zero attached hydrogens (tertiary/aromatic N) is 3. The maximum Gasteiger partial charge on any atom is 0.234 e. The molecule has 1 N–H and O–H groups in total. The van der Waals surface area contributed by atoms with E-state index in [1.165, 1.54) is 17.8 Å². The monoisotopic (exact) mass is 506 g/mol. The molecule has 6 nitrogen and oxygen atoms in total. The molecule has 0 fully saturated rings. The molecule has 0 aliphatic rings. The zero-order chi connectivity index (χ0) is 22.5. The highest BCUT2D eigenvalue weighted by atomic mass is 79.9. The summed E-state index contributed by atoms with van der Waals surface area (Å²) in [5.74, 6) is 0.352. The van der Waals surface area contributed by atoms with Crippen molar-refractivity contribution in [1.82, 2.24) is 14.8 Å². The van der Waals surface area contributed by atoms with E-state index in [-0.39, 0.29) is 23.5 Å². The van der Waals surface area contributed by atoms with Gasteiger partial charge in [-0.2, -0.15) is 0 Å². The molecule has 164 valence electrons. The Morgan fingerprint density at radius 1 is 1.23 bits per heavy atom. The van der Waals surface area contributed by atoms with Crippen molar-refractivity contribution in [2.75, 3.05) is 11.1 Å². The predicted octanol–water partition coefficient (Wildman–Crippen LogP) is 5.94. The Labute approximate surface area is 193 Å². The minimum Gasteiger partial charge on any atom is -0.480 e. The third kappa shape index (κ3) is 5.86. The van der Waals surface area contributed by atoms with Crippen LogP contribution in [-0.4, -0.2) is 26.4 Å². The van der Waals surface area contributed by atoms with E-state index >= 15 is 0 Å². The number of carbonyl (C=O) groups is 1. The Kier molecular flexibility index (Phi) is 7.72. The Balaban J connectivity index is 1.70. The van der Waals surface area contributed by atoms with Crippen molar-refractivity contribution in [3.05, 3.63) is 64.1 Å². The topological polar surface area (TPSA) is 69.0 Å². The predicted molar refractivity (Wildman–Crippen MR) is 124 cm³/mol. The average molecular weight is 507 g/mol. The van der Waals surface area contributed by atoms with E-state index in [9.17, 15) is 9.18 Å². The van der Waals surface area contributed by atoms with Crippen LogP contribution in [0.3, 0.4) is 0 Å². The first-order valence-electron chi connectivity index (χ1n) is 9.81. The molecule has 0 aliphatic heterocycles. The second kappa shape index (κ2) is 10.3. The van der Waals surface area contributed by atoms with Crippen molar-refractivity contribution in [3.8, 4) is 5.75 Å². The van der Waals surface area contributed by atoms with Crippen LogP contribution >= 0.6 is 27.7 Å². The Hall–Kier alpha value is -2.39. The SMILES string of the molecule is Cc1cc(Br)ccc1NC(=O)CSc1nnc(C(C)Oc2ccccc2F)n1C(C)C. The van der Waals surface area contributed by atoms with Gasteiger partial charge in [-0.3, -0.25) is 4.79 Å². The molecule has 9 heteroatoms. The molecule has 0 saturated carbocycles. The highest BCUT2D eigenvalue weighted by Gasteiger charge is 2.23. The van der Waals surface area contributed by atoms with Gasteiger partial charge in [0.05, 0.1) is 5.75 Å². The third-order valence-corrected chi connectivity index (χ3v) is 5.94. The van der Waals surface area contributed by atoms with E-state index < -0.39 is 11.9 Å². The Morgan fingerprint density at radius 3 is 2.65 bits per heavy atom. The molecule has 2 aromatic carbocycles. The molecule has 0 radical (unpaired) electrons. The second-order valence-corrected chi connectivity index (χ2v) is 9.15. The van der Waals surface area contributed by atoms with Gasteiger partial charge in [0.15, 0.2) is 28.7 Å². The van der Waals surface area contributed by atoms with Crippen LogP contribution in [0.1, 0.15) is 44.3 Å². The van der Waals surface area contributed by atoms with E-state index in [1.807, 2.05) is 43.5 Å². The summed E-state index contributed by atoms with van der Waals surface area (Å²) in [4.78, 5) is 12.5. The summed E-state index contributed by atoms with van der Waals surface area (Å²) in [6.07, 6.45) is -0.514. The first-order chi connectivity index (χ1) is 14.8.